The summed E-state index contributed by atoms with van der Waals surface area (Å²) < 4.78 is 0. The van der Waals surface area contributed by atoms with Crippen molar-refractivity contribution < 1.29 is 4.79 Å². The molecule has 1 aliphatic carbocycles. The minimum absolute atomic E-state index is 0.0750. The number of carbonyl (C=O) groups is 1. The Balaban J connectivity index is 2.19. The number of likely N-dealkylation sites (tertiary alicyclic amines) is 1. The standard InChI is InChI=1S/C11H16N2O/c1-8(14)13-10(7-12)6-9-4-2-3-5-11(9)13/h9-11H,2-6H2,1H3/t9-,10-,11?/m0/s1. The van der Waals surface area contributed by atoms with E-state index in [1.807, 2.05) is 4.90 Å². The van der Waals surface area contributed by atoms with Crippen molar-refractivity contribution >= 4 is 5.91 Å². The number of nitriles is 1. The zero-order chi connectivity index (χ0) is 10.1. The zero-order valence-electron chi connectivity index (χ0n) is 8.57. The van der Waals surface area contributed by atoms with E-state index in [-0.39, 0.29) is 11.9 Å². The molecule has 2 rings (SSSR count). The molecule has 0 aromatic heterocycles. The van der Waals surface area contributed by atoms with Gasteiger partial charge in [0, 0.05) is 13.0 Å². The van der Waals surface area contributed by atoms with E-state index in [4.69, 9.17) is 5.26 Å². The molecule has 14 heavy (non-hydrogen) atoms. The van der Waals surface area contributed by atoms with Crippen LogP contribution in [0.2, 0.25) is 0 Å². The lowest BCUT2D eigenvalue weighted by Crippen LogP contribution is -2.41. The Kier molecular flexibility index (Phi) is 2.45. The van der Waals surface area contributed by atoms with Gasteiger partial charge in [0.15, 0.2) is 0 Å². The summed E-state index contributed by atoms with van der Waals surface area (Å²) in [5, 5.41) is 8.99. The van der Waals surface area contributed by atoms with Crippen molar-refractivity contribution in [2.24, 2.45) is 5.92 Å². The summed E-state index contributed by atoms with van der Waals surface area (Å²) in [6.07, 6.45) is 5.68. The summed E-state index contributed by atoms with van der Waals surface area (Å²) in [6, 6.07) is 2.47. The van der Waals surface area contributed by atoms with Crippen LogP contribution in [-0.2, 0) is 4.79 Å². The molecule has 0 radical (unpaired) electrons. The van der Waals surface area contributed by atoms with Crippen LogP contribution in [-0.4, -0.2) is 22.9 Å². The van der Waals surface area contributed by atoms with E-state index in [9.17, 15) is 4.79 Å². The molecule has 0 N–H and O–H groups in total. The Morgan fingerprint density at radius 1 is 1.43 bits per heavy atom. The molecule has 2 fully saturated rings. The van der Waals surface area contributed by atoms with Crippen LogP contribution in [0, 0.1) is 17.2 Å². The minimum Gasteiger partial charge on any atom is -0.324 e. The SMILES string of the molecule is CC(=O)N1C2CCCC[C@H]2C[C@H]1C#N. The van der Waals surface area contributed by atoms with Crippen molar-refractivity contribution in [1.82, 2.24) is 4.90 Å². The molecule has 1 unspecified atom stereocenters. The van der Waals surface area contributed by atoms with Crippen molar-refractivity contribution in [1.29, 1.82) is 5.26 Å². The number of hydrogen-bond acceptors (Lipinski definition) is 2. The van der Waals surface area contributed by atoms with Gasteiger partial charge in [-0.3, -0.25) is 4.79 Å². The smallest absolute Gasteiger partial charge is 0.220 e. The Bertz CT molecular complexity index is 282. The quantitative estimate of drug-likeness (QED) is 0.586. The first kappa shape index (κ1) is 9.51. The Morgan fingerprint density at radius 2 is 2.14 bits per heavy atom. The van der Waals surface area contributed by atoms with Crippen LogP contribution in [0.5, 0.6) is 0 Å². The van der Waals surface area contributed by atoms with Gasteiger partial charge in [-0.1, -0.05) is 12.8 Å². The normalized spacial score (nSPS) is 36.3. The molecular weight excluding hydrogens is 176 g/mol. The second-order valence-electron chi connectivity index (χ2n) is 4.42. The van der Waals surface area contributed by atoms with E-state index >= 15 is 0 Å². The number of fused-ring (bicyclic) bond motifs is 1. The predicted molar refractivity (Wildman–Crippen MR) is 52.3 cm³/mol. The molecular formula is C11H16N2O. The largest absolute Gasteiger partial charge is 0.324 e. The van der Waals surface area contributed by atoms with Gasteiger partial charge >= 0.3 is 0 Å². The van der Waals surface area contributed by atoms with Crippen LogP contribution in [0.4, 0.5) is 0 Å². The van der Waals surface area contributed by atoms with E-state index in [1.54, 1.807) is 6.92 Å². The summed E-state index contributed by atoms with van der Waals surface area (Å²) in [4.78, 5) is 13.3. The van der Waals surface area contributed by atoms with Crippen LogP contribution in [0.3, 0.4) is 0 Å². The third-order valence-electron chi connectivity index (χ3n) is 3.60. The van der Waals surface area contributed by atoms with Crippen LogP contribution >= 0.6 is 0 Å². The first-order valence-corrected chi connectivity index (χ1v) is 5.42. The fourth-order valence-corrected chi connectivity index (χ4v) is 3.03. The zero-order valence-corrected chi connectivity index (χ0v) is 8.57. The average Bonchev–Trinajstić information content (AvgIpc) is 2.55. The fourth-order valence-electron chi connectivity index (χ4n) is 3.03. The second-order valence-corrected chi connectivity index (χ2v) is 4.42. The van der Waals surface area contributed by atoms with Crippen LogP contribution in [0.15, 0.2) is 0 Å². The molecule has 3 heteroatoms. The number of hydrogen-bond donors (Lipinski definition) is 0. The van der Waals surface area contributed by atoms with Crippen molar-refractivity contribution in [2.45, 2.75) is 51.1 Å². The topological polar surface area (TPSA) is 44.1 Å². The van der Waals surface area contributed by atoms with Gasteiger partial charge in [-0.25, -0.2) is 0 Å². The number of nitrogens with zero attached hydrogens (tertiary/aromatic N) is 2. The molecule has 0 bridgehead atoms. The minimum atomic E-state index is -0.152. The van der Waals surface area contributed by atoms with Gasteiger partial charge in [0.1, 0.15) is 6.04 Å². The summed E-state index contributed by atoms with van der Waals surface area (Å²) in [5.74, 6) is 0.670. The van der Waals surface area contributed by atoms with Crippen molar-refractivity contribution in [3.63, 3.8) is 0 Å². The first-order valence-electron chi connectivity index (χ1n) is 5.42. The number of carbonyl (C=O) groups excluding carboxylic acids is 1. The highest BCUT2D eigenvalue weighted by molar-refractivity contribution is 5.75. The Hall–Kier alpha value is -1.04. The predicted octanol–water partition coefficient (Wildman–Crippen LogP) is 1.69. The highest BCUT2D eigenvalue weighted by Crippen LogP contribution is 2.39. The summed E-state index contributed by atoms with van der Waals surface area (Å²) >= 11 is 0. The van der Waals surface area contributed by atoms with Crippen molar-refractivity contribution in [2.75, 3.05) is 0 Å². The van der Waals surface area contributed by atoms with Crippen molar-refractivity contribution in [3.8, 4) is 6.07 Å². The first-order chi connectivity index (χ1) is 6.74. The average molecular weight is 192 g/mol. The molecule has 0 spiro atoms. The van der Waals surface area contributed by atoms with E-state index in [1.165, 1.54) is 19.3 Å². The molecule has 1 heterocycles. The van der Waals surface area contributed by atoms with Gasteiger partial charge in [-0.2, -0.15) is 5.26 Å². The van der Waals surface area contributed by atoms with Gasteiger partial charge in [0.05, 0.1) is 6.07 Å². The van der Waals surface area contributed by atoms with Crippen LogP contribution < -0.4 is 0 Å². The molecule has 3 nitrogen and oxygen atoms in total. The van der Waals surface area contributed by atoms with Gasteiger partial charge in [-0.05, 0) is 25.2 Å². The maximum absolute atomic E-state index is 11.4. The molecule has 3 atom stereocenters. The highest BCUT2D eigenvalue weighted by atomic mass is 16.2. The Morgan fingerprint density at radius 3 is 2.79 bits per heavy atom. The molecule has 0 aromatic rings. The lowest BCUT2D eigenvalue weighted by Gasteiger charge is -2.31. The maximum Gasteiger partial charge on any atom is 0.220 e. The third-order valence-corrected chi connectivity index (χ3v) is 3.60. The second kappa shape index (κ2) is 3.61. The molecule has 76 valence electrons. The molecule has 2 aliphatic rings. The molecule has 0 aromatic carbocycles. The summed E-state index contributed by atoms with van der Waals surface area (Å²) in [5.41, 5.74) is 0. The fraction of sp³-hybridized carbons (Fsp3) is 0.818. The van der Waals surface area contributed by atoms with Gasteiger partial charge < -0.3 is 4.90 Å². The number of rotatable bonds is 0. The maximum atomic E-state index is 11.4. The third kappa shape index (κ3) is 1.39. The van der Waals surface area contributed by atoms with Gasteiger partial charge in [0.2, 0.25) is 5.91 Å². The van der Waals surface area contributed by atoms with Crippen LogP contribution in [0.25, 0.3) is 0 Å². The lowest BCUT2D eigenvalue weighted by atomic mass is 9.85. The number of amides is 1. The summed E-state index contributed by atoms with van der Waals surface area (Å²) in [6.45, 7) is 1.58. The van der Waals surface area contributed by atoms with E-state index in [2.05, 4.69) is 6.07 Å². The molecule has 1 saturated carbocycles. The van der Waals surface area contributed by atoms with E-state index < -0.39 is 0 Å². The molecule has 1 amide bonds. The van der Waals surface area contributed by atoms with Crippen LogP contribution in [0.1, 0.15) is 39.0 Å². The van der Waals surface area contributed by atoms with E-state index in [0.717, 1.165) is 12.8 Å². The monoisotopic (exact) mass is 192 g/mol. The lowest BCUT2D eigenvalue weighted by molar-refractivity contribution is -0.131. The summed E-state index contributed by atoms with van der Waals surface area (Å²) in [7, 11) is 0. The highest BCUT2D eigenvalue weighted by Gasteiger charge is 2.43. The van der Waals surface area contributed by atoms with E-state index in [0.29, 0.717) is 12.0 Å². The Labute approximate surface area is 84.7 Å². The van der Waals surface area contributed by atoms with Crippen molar-refractivity contribution in [3.05, 3.63) is 0 Å². The molecule has 1 saturated heterocycles. The molecule has 1 aliphatic heterocycles. The van der Waals surface area contributed by atoms with Gasteiger partial charge in [-0.15, -0.1) is 0 Å². The van der Waals surface area contributed by atoms with Gasteiger partial charge in [0.25, 0.3) is 0 Å².